The van der Waals surface area contributed by atoms with Crippen molar-refractivity contribution in [2.75, 3.05) is 6.54 Å². The van der Waals surface area contributed by atoms with Crippen molar-refractivity contribution in [2.24, 2.45) is 5.73 Å². The van der Waals surface area contributed by atoms with Crippen LogP contribution in [0.1, 0.15) is 39.9 Å². The van der Waals surface area contributed by atoms with Crippen molar-refractivity contribution < 1.29 is 9.90 Å². The SMILES string of the molecule is Cc1cc(C)c(C(=O)O)cc1CCCCN. The molecule has 0 fully saturated rings. The molecule has 1 aromatic carbocycles. The third-order valence-corrected chi connectivity index (χ3v) is 2.81. The third-order valence-electron chi connectivity index (χ3n) is 2.81. The van der Waals surface area contributed by atoms with Crippen LogP contribution < -0.4 is 5.73 Å². The molecule has 1 rings (SSSR count). The van der Waals surface area contributed by atoms with Crippen LogP contribution >= 0.6 is 0 Å². The molecule has 0 aliphatic carbocycles. The molecule has 0 amide bonds. The van der Waals surface area contributed by atoms with Crippen LogP contribution in [0.5, 0.6) is 0 Å². The Morgan fingerprint density at radius 3 is 2.50 bits per heavy atom. The van der Waals surface area contributed by atoms with Crippen molar-refractivity contribution in [3.8, 4) is 0 Å². The number of carboxylic acid groups (broad SMARTS) is 1. The van der Waals surface area contributed by atoms with E-state index >= 15 is 0 Å². The third kappa shape index (κ3) is 3.07. The fraction of sp³-hybridized carbons (Fsp3) is 0.462. The van der Waals surface area contributed by atoms with Gasteiger partial charge in [0.25, 0.3) is 0 Å². The molecule has 0 spiro atoms. The minimum atomic E-state index is -0.849. The Hall–Kier alpha value is -1.35. The van der Waals surface area contributed by atoms with Gasteiger partial charge in [-0.15, -0.1) is 0 Å². The fourth-order valence-electron chi connectivity index (χ4n) is 1.86. The van der Waals surface area contributed by atoms with E-state index in [0.717, 1.165) is 30.4 Å². The number of hydrogen-bond donors (Lipinski definition) is 2. The molecule has 0 radical (unpaired) electrons. The van der Waals surface area contributed by atoms with Gasteiger partial charge in [0, 0.05) is 0 Å². The summed E-state index contributed by atoms with van der Waals surface area (Å²) in [7, 11) is 0. The molecule has 0 saturated heterocycles. The van der Waals surface area contributed by atoms with Crippen LogP contribution in [-0.2, 0) is 6.42 Å². The maximum absolute atomic E-state index is 11.0. The molecular weight excluding hydrogens is 202 g/mol. The minimum absolute atomic E-state index is 0.411. The Kier molecular flexibility index (Phi) is 4.50. The minimum Gasteiger partial charge on any atom is -0.478 e. The number of carbonyl (C=O) groups is 1. The lowest BCUT2D eigenvalue weighted by atomic mass is 9.96. The Balaban J connectivity index is 2.91. The Morgan fingerprint density at radius 1 is 1.25 bits per heavy atom. The molecule has 3 nitrogen and oxygen atoms in total. The van der Waals surface area contributed by atoms with E-state index in [4.69, 9.17) is 10.8 Å². The van der Waals surface area contributed by atoms with Crippen molar-refractivity contribution >= 4 is 5.97 Å². The Labute approximate surface area is 96.3 Å². The lowest BCUT2D eigenvalue weighted by Gasteiger charge is -2.09. The summed E-state index contributed by atoms with van der Waals surface area (Å²) in [6.45, 7) is 4.55. The maximum Gasteiger partial charge on any atom is 0.335 e. The molecule has 3 heteroatoms. The molecular formula is C13H19NO2. The molecule has 0 saturated carbocycles. The van der Waals surface area contributed by atoms with Gasteiger partial charge in [-0.25, -0.2) is 4.79 Å². The summed E-state index contributed by atoms with van der Waals surface area (Å²) in [6, 6.07) is 3.74. The first-order valence-corrected chi connectivity index (χ1v) is 5.59. The molecule has 0 bridgehead atoms. The predicted octanol–water partition coefficient (Wildman–Crippen LogP) is 2.28. The van der Waals surface area contributed by atoms with Crippen LogP contribution in [0.2, 0.25) is 0 Å². The van der Waals surface area contributed by atoms with Crippen LogP contribution in [-0.4, -0.2) is 17.6 Å². The topological polar surface area (TPSA) is 63.3 Å². The van der Waals surface area contributed by atoms with Gasteiger partial charge >= 0.3 is 5.97 Å². The fourth-order valence-corrected chi connectivity index (χ4v) is 1.86. The molecule has 0 atom stereocenters. The molecule has 0 aromatic heterocycles. The first-order chi connectivity index (χ1) is 7.56. The van der Waals surface area contributed by atoms with Crippen LogP contribution in [0.25, 0.3) is 0 Å². The number of benzene rings is 1. The highest BCUT2D eigenvalue weighted by Gasteiger charge is 2.10. The second kappa shape index (κ2) is 5.66. The second-order valence-electron chi connectivity index (χ2n) is 4.14. The second-order valence-corrected chi connectivity index (χ2v) is 4.14. The summed E-state index contributed by atoms with van der Waals surface area (Å²) >= 11 is 0. The van der Waals surface area contributed by atoms with Gasteiger partial charge in [0.15, 0.2) is 0 Å². The average molecular weight is 221 g/mol. The van der Waals surface area contributed by atoms with Gasteiger partial charge < -0.3 is 10.8 Å². The highest BCUT2D eigenvalue weighted by atomic mass is 16.4. The van der Waals surface area contributed by atoms with Crippen molar-refractivity contribution in [2.45, 2.75) is 33.1 Å². The molecule has 3 N–H and O–H groups in total. The van der Waals surface area contributed by atoms with E-state index in [1.165, 1.54) is 5.56 Å². The summed E-state index contributed by atoms with van der Waals surface area (Å²) in [5.41, 5.74) is 8.96. The van der Waals surface area contributed by atoms with Gasteiger partial charge in [0.1, 0.15) is 0 Å². The van der Waals surface area contributed by atoms with Crippen molar-refractivity contribution in [3.63, 3.8) is 0 Å². The van der Waals surface area contributed by atoms with Gasteiger partial charge in [-0.3, -0.25) is 0 Å². The van der Waals surface area contributed by atoms with Crippen LogP contribution in [0.3, 0.4) is 0 Å². The van der Waals surface area contributed by atoms with Crippen molar-refractivity contribution in [1.29, 1.82) is 0 Å². The largest absolute Gasteiger partial charge is 0.478 e. The van der Waals surface area contributed by atoms with E-state index in [2.05, 4.69) is 0 Å². The van der Waals surface area contributed by atoms with Gasteiger partial charge in [-0.1, -0.05) is 6.07 Å². The summed E-state index contributed by atoms with van der Waals surface area (Å²) in [5, 5.41) is 9.03. The average Bonchev–Trinajstić information content (AvgIpc) is 2.21. The zero-order valence-electron chi connectivity index (χ0n) is 9.92. The lowest BCUT2D eigenvalue weighted by molar-refractivity contribution is 0.0696. The summed E-state index contributed by atoms with van der Waals surface area (Å²) < 4.78 is 0. The van der Waals surface area contributed by atoms with Crippen LogP contribution in [0.4, 0.5) is 0 Å². The molecule has 1 aromatic rings. The molecule has 0 aliphatic heterocycles. The highest BCUT2D eigenvalue weighted by Crippen LogP contribution is 2.18. The molecule has 88 valence electrons. The van der Waals surface area contributed by atoms with E-state index in [-0.39, 0.29) is 0 Å². The summed E-state index contributed by atoms with van der Waals surface area (Å²) in [5.74, 6) is -0.849. The maximum atomic E-state index is 11.0. The Bertz CT molecular complexity index is 386. The first kappa shape index (κ1) is 12.7. The van der Waals surface area contributed by atoms with Gasteiger partial charge in [-0.05, 0) is 62.4 Å². The predicted molar refractivity (Wildman–Crippen MR) is 64.9 cm³/mol. The molecule has 0 unspecified atom stereocenters. The number of unbranched alkanes of at least 4 members (excludes halogenated alkanes) is 1. The van der Waals surface area contributed by atoms with E-state index in [1.54, 1.807) is 6.07 Å². The monoisotopic (exact) mass is 221 g/mol. The summed E-state index contributed by atoms with van der Waals surface area (Å²) in [4.78, 5) is 11.0. The first-order valence-electron chi connectivity index (χ1n) is 5.59. The zero-order chi connectivity index (χ0) is 12.1. The molecule has 0 heterocycles. The number of nitrogens with two attached hydrogens (primary N) is 1. The number of rotatable bonds is 5. The molecule has 16 heavy (non-hydrogen) atoms. The number of aryl methyl sites for hydroxylation is 3. The smallest absolute Gasteiger partial charge is 0.335 e. The van der Waals surface area contributed by atoms with E-state index in [9.17, 15) is 4.79 Å². The van der Waals surface area contributed by atoms with E-state index in [0.29, 0.717) is 12.1 Å². The standard InChI is InChI=1S/C13H19NO2/c1-9-7-10(2)12(13(15)16)8-11(9)5-3-4-6-14/h7-8H,3-6,14H2,1-2H3,(H,15,16). The highest BCUT2D eigenvalue weighted by molar-refractivity contribution is 5.89. The summed E-state index contributed by atoms with van der Waals surface area (Å²) in [6.07, 6.45) is 2.90. The van der Waals surface area contributed by atoms with Crippen molar-refractivity contribution in [1.82, 2.24) is 0 Å². The quantitative estimate of drug-likeness (QED) is 0.750. The van der Waals surface area contributed by atoms with E-state index < -0.39 is 5.97 Å². The molecule has 0 aliphatic rings. The zero-order valence-corrected chi connectivity index (χ0v) is 9.92. The van der Waals surface area contributed by atoms with Gasteiger partial charge in [-0.2, -0.15) is 0 Å². The number of aromatic carboxylic acids is 1. The Morgan fingerprint density at radius 2 is 1.94 bits per heavy atom. The van der Waals surface area contributed by atoms with Gasteiger partial charge in [0.05, 0.1) is 5.56 Å². The normalized spacial score (nSPS) is 10.4. The van der Waals surface area contributed by atoms with Crippen LogP contribution in [0, 0.1) is 13.8 Å². The van der Waals surface area contributed by atoms with Crippen molar-refractivity contribution in [3.05, 3.63) is 34.4 Å². The lowest BCUT2D eigenvalue weighted by Crippen LogP contribution is -2.04. The number of hydrogen-bond acceptors (Lipinski definition) is 2. The van der Waals surface area contributed by atoms with E-state index in [1.807, 2.05) is 19.9 Å². The number of carboxylic acids is 1. The van der Waals surface area contributed by atoms with Gasteiger partial charge in [0.2, 0.25) is 0 Å². The van der Waals surface area contributed by atoms with Crippen LogP contribution in [0.15, 0.2) is 12.1 Å².